The molecule has 5 heteroatoms. The molecule has 2 aliphatic rings. The van der Waals surface area contributed by atoms with Crippen molar-refractivity contribution in [2.24, 2.45) is 5.92 Å². The van der Waals surface area contributed by atoms with Crippen LogP contribution in [0, 0.1) is 12.8 Å². The molecule has 0 saturated carbocycles. The second kappa shape index (κ2) is 7.62. The predicted octanol–water partition coefficient (Wildman–Crippen LogP) is 2.82. The molecular formula is C19H24FN3O. The molecule has 1 saturated heterocycles. The van der Waals surface area contributed by atoms with E-state index in [4.69, 9.17) is 0 Å². The smallest absolute Gasteiger partial charge is 0.143 e. The number of rotatable bonds is 3. The first kappa shape index (κ1) is 16.7. The fourth-order valence-electron chi connectivity index (χ4n) is 3.25. The van der Waals surface area contributed by atoms with Crippen LogP contribution in [0.3, 0.4) is 0 Å². The number of nitrogens with zero attached hydrogens (tertiary/aromatic N) is 3. The molecule has 3 rings (SSSR count). The van der Waals surface area contributed by atoms with E-state index in [1.165, 1.54) is 11.6 Å². The minimum absolute atomic E-state index is 0.0717. The second-order valence-electron chi connectivity index (χ2n) is 6.27. The molecule has 1 N–H and O–H groups in total. The van der Waals surface area contributed by atoms with Crippen molar-refractivity contribution in [3.63, 3.8) is 0 Å². The van der Waals surface area contributed by atoms with Crippen LogP contribution in [-0.2, 0) is 0 Å². The number of aromatic nitrogens is 1. The lowest BCUT2D eigenvalue weighted by Gasteiger charge is -2.26. The third-order valence-corrected chi connectivity index (χ3v) is 4.55. The van der Waals surface area contributed by atoms with Crippen molar-refractivity contribution in [1.29, 1.82) is 0 Å². The molecule has 0 aromatic carbocycles. The first-order valence-electron chi connectivity index (χ1n) is 8.47. The van der Waals surface area contributed by atoms with Gasteiger partial charge in [-0.2, -0.15) is 0 Å². The van der Waals surface area contributed by atoms with E-state index in [9.17, 15) is 9.50 Å². The molecule has 0 amide bonds. The molecule has 2 heterocycles. The average molecular weight is 329 g/mol. The molecule has 1 fully saturated rings. The van der Waals surface area contributed by atoms with Crippen LogP contribution in [0.1, 0.15) is 12.0 Å². The van der Waals surface area contributed by atoms with Gasteiger partial charge in [-0.15, -0.1) is 0 Å². The molecule has 0 radical (unpaired) electrons. The van der Waals surface area contributed by atoms with Gasteiger partial charge in [-0.1, -0.05) is 18.2 Å². The largest absolute Gasteiger partial charge is 0.395 e. The van der Waals surface area contributed by atoms with Gasteiger partial charge in [0.05, 0.1) is 12.3 Å². The Morgan fingerprint density at radius 2 is 2.04 bits per heavy atom. The zero-order valence-electron chi connectivity index (χ0n) is 14.0. The molecule has 24 heavy (non-hydrogen) atoms. The fraction of sp³-hybridized carbons (Fsp3) is 0.421. The molecule has 1 aliphatic carbocycles. The summed E-state index contributed by atoms with van der Waals surface area (Å²) in [4.78, 5) is 8.87. The standard InChI is InChI=1S/C19H24FN3O/c1-15-5-3-8-21-19(15)23-10-4-9-22(11-12-23)18-7-2-6-16(14-24)13-17(18)20/h2-3,5-8,13,16,24H,4,9-12,14H2,1H3. The van der Waals surface area contributed by atoms with Crippen molar-refractivity contribution < 1.29 is 9.50 Å². The molecule has 4 nitrogen and oxygen atoms in total. The number of aryl methyl sites for hydroxylation is 1. The number of aliphatic hydroxyl groups excluding tert-OH is 1. The number of halogens is 1. The Kier molecular flexibility index (Phi) is 5.30. The summed E-state index contributed by atoms with van der Waals surface area (Å²) in [5.41, 5.74) is 1.78. The van der Waals surface area contributed by atoms with Crippen molar-refractivity contribution in [1.82, 2.24) is 9.88 Å². The summed E-state index contributed by atoms with van der Waals surface area (Å²) in [6, 6.07) is 4.02. The zero-order valence-corrected chi connectivity index (χ0v) is 14.0. The molecule has 1 atom stereocenters. The third-order valence-electron chi connectivity index (χ3n) is 4.55. The van der Waals surface area contributed by atoms with E-state index in [0.717, 1.165) is 38.4 Å². The van der Waals surface area contributed by atoms with Crippen LogP contribution in [0.15, 0.2) is 54.2 Å². The normalized spacial score (nSPS) is 21.9. The maximum absolute atomic E-state index is 14.5. The van der Waals surface area contributed by atoms with Gasteiger partial charge in [0.15, 0.2) is 0 Å². The van der Waals surface area contributed by atoms with Gasteiger partial charge < -0.3 is 14.9 Å². The number of aliphatic hydroxyl groups is 1. The fourth-order valence-corrected chi connectivity index (χ4v) is 3.25. The molecule has 1 aromatic heterocycles. The van der Waals surface area contributed by atoms with Gasteiger partial charge in [0, 0.05) is 38.3 Å². The maximum atomic E-state index is 14.5. The van der Waals surface area contributed by atoms with Crippen molar-refractivity contribution in [2.45, 2.75) is 13.3 Å². The topological polar surface area (TPSA) is 39.6 Å². The van der Waals surface area contributed by atoms with E-state index < -0.39 is 0 Å². The van der Waals surface area contributed by atoms with E-state index in [-0.39, 0.29) is 18.4 Å². The molecule has 1 aliphatic heterocycles. The third kappa shape index (κ3) is 3.67. The van der Waals surface area contributed by atoms with Crippen molar-refractivity contribution in [3.8, 4) is 0 Å². The van der Waals surface area contributed by atoms with Crippen LogP contribution in [0.25, 0.3) is 0 Å². The van der Waals surface area contributed by atoms with Gasteiger partial charge in [-0.3, -0.25) is 0 Å². The summed E-state index contributed by atoms with van der Waals surface area (Å²) < 4.78 is 14.5. The van der Waals surface area contributed by atoms with Crippen LogP contribution < -0.4 is 4.90 Å². The predicted molar refractivity (Wildman–Crippen MR) is 94.4 cm³/mol. The lowest BCUT2D eigenvalue weighted by Crippen LogP contribution is -2.31. The van der Waals surface area contributed by atoms with Crippen molar-refractivity contribution in [3.05, 3.63) is 59.7 Å². The Morgan fingerprint density at radius 3 is 2.83 bits per heavy atom. The quantitative estimate of drug-likeness (QED) is 0.926. The van der Waals surface area contributed by atoms with Crippen LogP contribution in [0.2, 0.25) is 0 Å². The van der Waals surface area contributed by atoms with Gasteiger partial charge in [-0.05, 0) is 37.1 Å². The Morgan fingerprint density at radius 1 is 1.25 bits per heavy atom. The second-order valence-corrected chi connectivity index (χ2v) is 6.27. The molecular weight excluding hydrogens is 305 g/mol. The highest BCUT2D eigenvalue weighted by atomic mass is 19.1. The van der Waals surface area contributed by atoms with Gasteiger partial charge >= 0.3 is 0 Å². The summed E-state index contributed by atoms with van der Waals surface area (Å²) in [5, 5.41) is 9.25. The molecule has 0 bridgehead atoms. The SMILES string of the molecule is Cc1cccnc1N1CCCN(C2=CC=CC(CO)C=C2F)CC1. The summed E-state index contributed by atoms with van der Waals surface area (Å²) in [5.74, 6) is 0.519. The highest BCUT2D eigenvalue weighted by molar-refractivity contribution is 5.46. The van der Waals surface area contributed by atoms with Crippen molar-refractivity contribution in [2.75, 3.05) is 37.7 Å². The number of pyridine rings is 1. The van der Waals surface area contributed by atoms with Gasteiger partial charge in [-0.25, -0.2) is 9.37 Å². The van der Waals surface area contributed by atoms with Crippen molar-refractivity contribution >= 4 is 5.82 Å². The molecule has 128 valence electrons. The highest BCUT2D eigenvalue weighted by Gasteiger charge is 2.21. The number of hydrogen-bond donors (Lipinski definition) is 1. The van der Waals surface area contributed by atoms with E-state index in [1.807, 2.05) is 30.5 Å². The first-order chi connectivity index (χ1) is 11.7. The Labute approximate surface area is 142 Å². The van der Waals surface area contributed by atoms with E-state index in [0.29, 0.717) is 5.70 Å². The Hall–Kier alpha value is -2.14. The van der Waals surface area contributed by atoms with Gasteiger partial charge in [0.2, 0.25) is 0 Å². The first-order valence-corrected chi connectivity index (χ1v) is 8.47. The summed E-state index contributed by atoms with van der Waals surface area (Å²) in [7, 11) is 0. The van der Waals surface area contributed by atoms with E-state index in [2.05, 4.69) is 27.8 Å². The maximum Gasteiger partial charge on any atom is 0.143 e. The number of hydrogen-bond acceptors (Lipinski definition) is 4. The molecule has 1 aromatic rings. The number of anilines is 1. The van der Waals surface area contributed by atoms with Crippen LogP contribution in [0.5, 0.6) is 0 Å². The van der Waals surface area contributed by atoms with Crippen LogP contribution in [0.4, 0.5) is 10.2 Å². The summed E-state index contributed by atoms with van der Waals surface area (Å²) in [6.07, 6.45) is 9.75. The van der Waals surface area contributed by atoms with Crippen LogP contribution in [-0.4, -0.2) is 47.8 Å². The average Bonchev–Trinajstić information content (AvgIpc) is 2.93. The molecule has 0 spiro atoms. The highest BCUT2D eigenvalue weighted by Crippen LogP contribution is 2.25. The van der Waals surface area contributed by atoms with Gasteiger partial charge in [0.1, 0.15) is 11.6 Å². The lowest BCUT2D eigenvalue weighted by atomic mass is 10.1. The minimum atomic E-state index is -0.251. The van der Waals surface area contributed by atoms with E-state index in [1.54, 1.807) is 0 Å². The monoisotopic (exact) mass is 329 g/mol. The number of allylic oxidation sites excluding steroid dienone is 3. The Bertz CT molecular complexity index is 668. The van der Waals surface area contributed by atoms with E-state index >= 15 is 0 Å². The minimum Gasteiger partial charge on any atom is -0.395 e. The Balaban J connectivity index is 1.73. The van der Waals surface area contributed by atoms with Gasteiger partial charge in [0.25, 0.3) is 0 Å². The van der Waals surface area contributed by atoms with Crippen LogP contribution >= 0.6 is 0 Å². The summed E-state index contributed by atoms with van der Waals surface area (Å²) in [6.45, 7) is 5.30. The lowest BCUT2D eigenvalue weighted by molar-refractivity contribution is 0.272. The zero-order chi connectivity index (χ0) is 16.9. The molecule has 1 unspecified atom stereocenters. The summed E-state index contributed by atoms with van der Waals surface area (Å²) >= 11 is 0.